The van der Waals surface area contributed by atoms with Gasteiger partial charge in [-0.25, -0.2) is 19.2 Å². The molecule has 1 aliphatic heterocycles. The third-order valence-electron chi connectivity index (χ3n) is 7.04. The Kier molecular flexibility index (Phi) is 6.67. The molecule has 13 heteroatoms. The van der Waals surface area contributed by atoms with Gasteiger partial charge in [0, 0.05) is 10.6 Å². The number of furan rings is 1. The molecule has 0 radical (unpaired) electrons. The van der Waals surface area contributed by atoms with E-state index in [1.165, 1.54) is 0 Å². The molecule has 0 fully saturated rings. The minimum atomic E-state index is -0.396. The number of aryl methyl sites for hydroxylation is 1. The maximum atomic E-state index is 6.40. The summed E-state index contributed by atoms with van der Waals surface area (Å²) in [5.74, 6) is 2.85. The van der Waals surface area contributed by atoms with Crippen molar-refractivity contribution in [3.63, 3.8) is 0 Å². The largest absolute Gasteiger partial charge is 0.493 e. The topological polar surface area (TPSA) is 123 Å². The number of ether oxygens (including phenoxy) is 3. The number of fused-ring (bicyclic) bond motifs is 4. The van der Waals surface area contributed by atoms with Crippen LogP contribution in [0.5, 0.6) is 23.3 Å². The van der Waals surface area contributed by atoms with E-state index >= 15 is 0 Å². The van der Waals surface area contributed by atoms with Crippen LogP contribution >= 0.6 is 11.6 Å². The van der Waals surface area contributed by atoms with E-state index < -0.39 is 5.92 Å². The van der Waals surface area contributed by atoms with E-state index in [1.54, 1.807) is 66.5 Å². The van der Waals surface area contributed by atoms with Crippen LogP contribution in [0.4, 0.5) is 0 Å². The first kappa shape index (κ1) is 26.5. The zero-order chi connectivity index (χ0) is 29.5. The number of rotatable bonds is 8. The first-order valence-corrected chi connectivity index (χ1v) is 13.6. The van der Waals surface area contributed by atoms with Crippen LogP contribution in [0.2, 0.25) is 5.02 Å². The Morgan fingerprint density at radius 2 is 1.86 bits per heavy atom. The van der Waals surface area contributed by atoms with Gasteiger partial charge in [0.2, 0.25) is 11.8 Å². The predicted octanol–water partition coefficient (Wildman–Crippen LogP) is 5.72. The monoisotopic (exact) mass is 597 g/mol. The van der Waals surface area contributed by atoms with Crippen molar-refractivity contribution in [2.24, 2.45) is 5.16 Å². The van der Waals surface area contributed by atoms with Crippen molar-refractivity contribution in [1.82, 2.24) is 29.4 Å². The number of aromatic nitrogens is 6. The number of oxime groups is 1. The molecule has 0 saturated heterocycles. The summed E-state index contributed by atoms with van der Waals surface area (Å²) < 4.78 is 26.3. The number of nitrogens with zero attached hydrogens (tertiary/aromatic N) is 7. The van der Waals surface area contributed by atoms with Crippen LogP contribution in [0.3, 0.4) is 0 Å². The van der Waals surface area contributed by atoms with E-state index in [-0.39, 0.29) is 6.61 Å². The molecule has 2 aromatic carbocycles. The van der Waals surface area contributed by atoms with Gasteiger partial charge in [0.1, 0.15) is 12.1 Å². The van der Waals surface area contributed by atoms with Gasteiger partial charge < -0.3 is 23.5 Å². The van der Waals surface area contributed by atoms with Gasteiger partial charge in [0.15, 0.2) is 29.6 Å². The van der Waals surface area contributed by atoms with Crippen molar-refractivity contribution in [2.45, 2.75) is 19.4 Å². The number of benzene rings is 2. The predicted molar refractivity (Wildman–Crippen MR) is 156 cm³/mol. The summed E-state index contributed by atoms with van der Waals surface area (Å²) in [7, 11) is 3.16. The number of hydrogen-bond donors (Lipinski definition) is 0. The number of hydrogen-bond acceptors (Lipinski definition) is 10. The Morgan fingerprint density at radius 1 is 1.02 bits per heavy atom. The van der Waals surface area contributed by atoms with Crippen molar-refractivity contribution in [3.8, 4) is 28.9 Å². The Bertz CT molecular complexity index is 1970. The molecule has 43 heavy (non-hydrogen) atoms. The summed E-state index contributed by atoms with van der Waals surface area (Å²) >= 11 is 6.13. The summed E-state index contributed by atoms with van der Waals surface area (Å²) in [6.45, 7) is 1.97. The van der Waals surface area contributed by atoms with Gasteiger partial charge in [-0.05, 0) is 61.5 Å². The van der Waals surface area contributed by atoms with Crippen LogP contribution in [0, 0.1) is 6.92 Å². The molecule has 7 rings (SSSR count). The van der Waals surface area contributed by atoms with Crippen molar-refractivity contribution >= 4 is 23.5 Å². The molecule has 12 nitrogen and oxygen atoms in total. The Balaban J connectivity index is 1.22. The highest BCUT2D eigenvalue weighted by molar-refractivity contribution is 6.30. The fourth-order valence-corrected chi connectivity index (χ4v) is 5.23. The third-order valence-corrected chi connectivity index (χ3v) is 7.29. The number of methoxy groups -OCH3 is 2. The smallest absolute Gasteiger partial charge is 0.230 e. The Hall–Kier alpha value is -5.36. The van der Waals surface area contributed by atoms with Crippen LogP contribution in [0.15, 0.2) is 76.8 Å². The second-order valence-electron chi connectivity index (χ2n) is 9.62. The molecule has 0 bridgehead atoms. The van der Waals surface area contributed by atoms with Crippen LogP contribution in [0.1, 0.15) is 39.9 Å². The molecular weight excluding hydrogens is 574 g/mol. The van der Waals surface area contributed by atoms with Crippen molar-refractivity contribution in [1.29, 1.82) is 0 Å². The minimum absolute atomic E-state index is 0.0330. The normalized spacial score (nSPS) is 14.0. The van der Waals surface area contributed by atoms with Gasteiger partial charge in [-0.2, -0.15) is 5.10 Å². The first-order valence-electron chi connectivity index (χ1n) is 13.2. The molecule has 216 valence electrons. The highest BCUT2D eigenvalue weighted by atomic mass is 35.5. The molecule has 0 N–H and O–H groups in total. The summed E-state index contributed by atoms with van der Waals surface area (Å²) in [5, 5.41) is 14.1. The zero-order valence-electron chi connectivity index (χ0n) is 23.3. The number of halogens is 1. The van der Waals surface area contributed by atoms with Gasteiger partial charge in [-0.1, -0.05) is 16.8 Å². The maximum Gasteiger partial charge on any atom is 0.230 e. The molecule has 0 amide bonds. The van der Waals surface area contributed by atoms with E-state index in [4.69, 9.17) is 45.1 Å². The first-order chi connectivity index (χ1) is 21.0. The minimum Gasteiger partial charge on any atom is -0.493 e. The lowest BCUT2D eigenvalue weighted by molar-refractivity contribution is 0.126. The SMILES string of the molecule is COc1ccc(/C=N/OCc2nc3c4c(ncn3n2)Oc2c(c(C)nn2-c2ccc(Cl)cc2)C4c2ccco2)cc1OC. The zero-order valence-corrected chi connectivity index (χ0v) is 24.0. The van der Waals surface area contributed by atoms with E-state index in [0.717, 1.165) is 22.5 Å². The van der Waals surface area contributed by atoms with Crippen LogP contribution in [0.25, 0.3) is 11.3 Å². The van der Waals surface area contributed by atoms with Crippen molar-refractivity contribution < 1.29 is 23.5 Å². The molecular formula is C30H24ClN7O5. The van der Waals surface area contributed by atoms with Crippen LogP contribution < -0.4 is 14.2 Å². The molecule has 1 aliphatic rings. The lowest BCUT2D eigenvalue weighted by Crippen LogP contribution is -2.15. The molecule has 6 aromatic rings. The second kappa shape index (κ2) is 10.8. The Labute approximate surface area is 250 Å². The van der Waals surface area contributed by atoms with E-state index in [9.17, 15) is 0 Å². The quantitative estimate of drug-likeness (QED) is 0.160. The fraction of sp³-hybridized carbons (Fsp3) is 0.167. The molecule has 1 unspecified atom stereocenters. The van der Waals surface area contributed by atoms with Gasteiger partial charge in [-0.3, -0.25) is 0 Å². The van der Waals surface area contributed by atoms with E-state index in [2.05, 4.69) is 15.2 Å². The summed E-state index contributed by atoms with van der Waals surface area (Å²) in [6.07, 6.45) is 4.76. The summed E-state index contributed by atoms with van der Waals surface area (Å²) in [6, 6.07) is 16.6. The third kappa shape index (κ3) is 4.71. The Morgan fingerprint density at radius 3 is 2.63 bits per heavy atom. The van der Waals surface area contributed by atoms with E-state index in [0.29, 0.717) is 51.1 Å². The second-order valence-corrected chi connectivity index (χ2v) is 10.1. The lowest BCUT2D eigenvalue weighted by atomic mass is 9.88. The molecule has 4 aromatic heterocycles. The van der Waals surface area contributed by atoms with Crippen LogP contribution in [-0.2, 0) is 11.4 Å². The van der Waals surface area contributed by atoms with Gasteiger partial charge >= 0.3 is 0 Å². The fourth-order valence-electron chi connectivity index (χ4n) is 5.11. The standard InChI is InChI=1S/C30H24ClN7O5/c1-17-25-26(22-5-4-12-41-22)27-28-34-24(15-42-33-14-18-6-11-21(39-2)23(13-18)40-3)36-37(28)16-32-29(27)43-30(25)38(35-17)20-9-7-19(31)8-10-20/h4-14,16,26H,15H2,1-3H3/b33-14+. The average Bonchev–Trinajstić information content (AvgIpc) is 3.78. The summed E-state index contributed by atoms with van der Waals surface area (Å²) in [4.78, 5) is 14.9. The van der Waals surface area contributed by atoms with Crippen LogP contribution in [-0.4, -0.2) is 49.8 Å². The lowest BCUT2D eigenvalue weighted by Gasteiger charge is -2.24. The molecule has 0 saturated carbocycles. The average molecular weight is 598 g/mol. The maximum absolute atomic E-state index is 6.40. The van der Waals surface area contributed by atoms with E-state index in [1.807, 2.05) is 37.3 Å². The summed E-state index contributed by atoms with van der Waals surface area (Å²) in [5.41, 5.74) is 4.45. The molecule has 5 heterocycles. The van der Waals surface area contributed by atoms with Gasteiger partial charge in [0.05, 0.1) is 55.1 Å². The highest BCUT2D eigenvalue weighted by Crippen LogP contribution is 2.49. The van der Waals surface area contributed by atoms with Gasteiger partial charge in [0.25, 0.3) is 0 Å². The molecule has 0 spiro atoms. The molecule has 0 aliphatic carbocycles. The van der Waals surface area contributed by atoms with Gasteiger partial charge in [-0.15, -0.1) is 5.10 Å². The van der Waals surface area contributed by atoms with Crippen molar-refractivity contribution in [3.05, 3.63) is 106 Å². The highest BCUT2D eigenvalue weighted by Gasteiger charge is 2.39. The van der Waals surface area contributed by atoms with Crippen molar-refractivity contribution in [2.75, 3.05) is 14.2 Å². The molecule has 1 atom stereocenters.